The molecule has 1 aliphatic rings. The summed E-state index contributed by atoms with van der Waals surface area (Å²) in [5.74, 6) is 0.425. The van der Waals surface area contributed by atoms with Gasteiger partial charge in [-0.15, -0.1) is 0 Å². The Hall–Kier alpha value is -0.610. The maximum Gasteiger partial charge on any atom is 0.137 e. The lowest BCUT2D eigenvalue weighted by atomic mass is 9.93. The van der Waals surface area contributed by atoms with Crippen LogP contribution in [-0.2, 0) is 0 Å². The predicted octanol–water partition coefficient (Wildman–Crippen LogP) is 3.72. The van der Waals surface area contributed by atoms with E-state index in [1.807, 2.05) is 13.0 Å². The van der Waals surface area contributed by atoms with Crippen molar-refractivity contribution >= 4 is 21.6 Å². The molecule has 1 saturated heterocycles. The summed E-state index contributed by atoms with van der Waals surface area (Å²) >= 11 is 3.28. The summed E-state index contributed by atoms with van der Waals surface area (Å²) in [6.45, 7) is 9.49. The first kappa shape index (κ1) is 14.8. The molecule has 1 N–H and O–H groups in total. The highest BCUT2D eigenvalue weighted by Gasteiger charge is 2.26. The van der Waals surface area contributed by atoms with E-state index in [-0.39, 0.29) is 5.82 Å². The molecule has 106 valence electrons. The zero-order chi connectivity index (χ0) is 14.0. The van der Waals surface area contributed by atoms with E-state index in [4.69, 9.17) is 0 Å². The molecule has 1 aromatic carbocycles. The molecule has 0 aliphatic carbocycles. The maximum absolute atomic E-state index is 13.5. The number of hydrogen-bond donors (Lipinski definition) is 1. The number of nitrogens with zero attached hydrogens (tertiary/aromatic N) is 1. The van der Waals surface area contributed by atoms with Gasteiger partial charge in [0, 0.05) is 24.8 Å². The molecule has 0 aromatic heterocycles. The van der Waals surface area contributed by atoms with Crippen molar-refractivity contribution in [2.75, 3.05) is 24.5 Å². The van der Waals surface area contributed by atoms with E-state index in [1.54, 1.807) is 6.07 Å². The predicted molar refractivity (Wildman–Crippen MR) is 82.3 cm³/mol. The Morgan fingerprint density at radius 3 is 2.84 bits per heavy atom. The number of nitrogens with one attached hydrogen (secondary N) is 1. The number of anilines is 1. The normalized spacial score (nSPS) is 23.7. The van der Waals surface area contributed by atoms with Crippen molar-refractivity contribution in [1.82, 2.24) is 5.32 Å². The van der Waals surface area contributed by atoms with E-state index in [1.165, 1.54) is 0 Å². The molecule has 0 saturated carbocycles. The first-order valence-electron chi connectivity index (χ1n) is 6.97. The second kappa shape index (κ2) is 6.23. The van der Waals surface area contributed by atoms with Crippen LogP contribution < -0.4 is 10.2 Å². The van der Waals surface area contributed by atoms with Crippen LogP contribution in [0.3, 0.4) is 0 Å². The summed E-state index contributed by atoms with van der Waals surface area (Å²) in [4.78, 5) is 2.37. The van der Waals surface area contributed by atoms with Gasteiger partial charge in [-0.2, -0.15) is 0 Å². The molecular formula is C15H22BrFN2. The van der Waals surface area contributed by atoms with Crippen molar-refractivity contribution in [2.24, 2.45) is 5.92 Å². The zero-order valence-electron chi connectivity index (χ0n) is 11.8. The minimum Gasteiger partial charge on any atom is -0.371 e. The van der Waals surface area contributed by atoms with Gasteiger partial charge >= 0.3 is 0 Å². The Kier molecular flexibility index (Phi) is 4.85. The van der Waals surface area contributed by atoms with Gasteiger partial charge in [-0.05, 0) is 59.4 Å². The third kappa shape index (κ3) is 3.29. The van der Waals surface area contributed by atoms with E-state index in [2.05, 4.69) is 40.0 Å². The Morgan fingerprint density at radius 1 is 1.47 bits per heavy atom. The molecule has 2 unspecified atom stereocenters. The highest BCUT2D eigenvalue weighted by Crippen LogP contribution is 2.30. The van der Waals surface area contributed by atoms with Gasteiger partial charge in [-0.3, -0.25) is 0 Å². The van der Waals surface area contributed by atoms with Gasteiger partial charge in [0.2, 0.25) is 0 Å². The molecule has 2 rings (SSSR count). The maximum atomic E-state index is 13.5. The summed E-state index contributed by atoms with van der Waals surface area (Å²) in [7, 11) is 0. The Bertz CT molecular complexity index is 450. The third-order valence-electron chi connectivity index (χ3n) is 3.95. The van der Waals surface area contributed by atoms with Crippen LogP contribution in [-0.4, -0.2) is 25.7 Å². The van der Waals surface area contributed by atoms with E-state index >= 15 is 0 Å². The van der Waals surface area contributed by atoms with Crippen LogP contribution in [0.2, 0.25) is 0 Å². The molecule has 0 amide bonds. The van der Waals surface area contributed by atoms with Crippen LogP contribution in [0.25, 0.3) is 0 Å². The monoisotopic (exact) mass is 328 g/mol. The fourth-order valence-corrected chi connectivity index (χ4v) is 3.24. The van der Waals surface area contributed by atoms with Crippen LogP contribution >= 0.6 is 15.9 Å². The van der Waals surface area contributed by atoms with Gasteiger partial charge in [0.25, 0.3) is 0 Å². The number of aryl methyl sites for hydroxylation is 1. The SMILES string of the molecule is CCNC1CCN(c2cc(Br)c(F)cc2C)CC1C. The fraction of sp³-hybridized carbons (Fsp3) is 0.600. The molecule has 0 radical (unpaired) electrons. The van der Waals surface area contributed by atoms with Crippen molar-refractivity contribution in [3.05, 3.63) is 28.0 Å². The second-order valence-electron chi connectivity index (χ2n) is 5.43. The Labute approximate surface area is 123 Å². The van der Waals surface area contributed by atoms with Crippen LogP contribution in [0, 0.1) is 18.7 Å². The van der Waals surface area contributed by atoms with E-state index in [0.717, 1.165) is 37.3 Å². The number of piperidine rings is 1. The number of benzene rings is 1. The van der Waals surface area contributed by atoms with Gasteiger partial charge in [-0.1, -0.05) is 13.8 Å². The first-order chi connectivity index (χ1) is 9.02. The van der Waals surface area contributed by atoms with Crippen molar-refractivity contribution < 1.29 is 4.39 Å². The lowest BCUT2D eigenvalue weighted by Crippen LogP contribution is -2.48. The standard InChI is InChI=1S/C15H22BrFN2/c1-4-18-14-5-6-19(9-11(14)3)15-8-12(16)13(17)7-10(15)2/h7-8,11,14,18H,4-6,9H2,1-3H3. The van der Waals surface area contributed by atoms with Gasteiger partial charge < -0.3 is 10.2 Å². The summed E-state index contributed by atoms with van der Waals surface area (Å²) in [5.41, 5.74) is 2.16. The van der Waals surface area contributed by atoms with E-state index in [9.17, 15) is 4.39 Å². The van der Waals surface area contributed by atoms with Gasteiger partial charge in [-0.25, -0.2) is 4.39 Å². The Morgan fingerprint density at radius 2 is 2.21 bits per heavy atom. The van der Waals surface area contributed by atoms with Crippen molar-refractivity contribution in [1.29, 1.82) is 0 Å². The smallest absolute Gasteiger partial charge is 0.137 e. The van der Waals surface area contributed by atoms with Gasteiger partial charge in [0.15, 0.2) is 0 Å². The largest absolute Gasteiger partial charge is 0.371 e. The minimum absolute atomic E-state index is 0.183. The van der Waals surface area contributed by atoms with Crippen LogP contribution in [0.1, 0.15) is 25.8 Å². The molecular weight excluding hydrogens is 307 g/mol. The van der Waals surface area contributed by atoms with Gasteiger partial charge in [0.1, 0.15) is 5.82 Å². The summed E-state index contributed by atoms with van der Waals surface area (Å²) < 4.78 is 14.0. The lowest BCUT2D eigenvalue weighted by molar-refractivity contribution is 0.326. The highest BCUT2D eigenvalue weighted by atomic mass is 79.9. The lowest BCUT2D eigenvalue weighted by Gasteiger charge is -2.39. The summed E-state index contributed by atoms with van der Waals surface area (Å²) in [5, 5.41) is 3.55. The molecule has 1 aromatic rings. The Balaban J connectivity index is 2.14. The fourth-order valence-electron chi connectivity index (χ4n) is 2.91. The quantitative estimate of drug-likeness (QED) is 0.909. The van der Waals surface area contributed by atoms with Gasteiger partial charge in [0.05, 0.1) is 4.47 Å². The van der Waals surface area contributed by atoms with Crippen LogP contribution in [0.15, 0.2) is 16.6 Å². The van der Waals surface area contributed by atoms with Crippen molar-refractivity contribution in [3.8, 4) is 0 Å². The minimum atomic E-state index is -0.183. The summed E-state index contributed by atoms with van der Waals surface area (Å²) in [6.07, 6.45) is 1.14. The molecule has 1 aliphatic heterocycles. The number of rotatable bonds is 3. The van der Waals surface area contributed by atoms with E-state index < -0.39 is 0 Å². The molecule has 2 atom stereocenters. The average molecular weight is 329 g/mol. The van der Waals surface area contributed by atoms with Crippen LogP contribution in [0.5, 0.6) is 0 Å². The van der Waals surface area contributed by atoms with Crippen LogP contribution in [0.4, 0.5) is 10.1 Å². The molecule has 1 fully saturated rings. The molecule has 0 spiro atoms. The average Bonchev–Trinajstić information content (AvgIpc) is 2.36. The molecule has 19 heavy (non-hydrogen) atoms. The highest BCUT2D eigenvalue weighted by molar-refractivity contribution is 9.10. The molecule has 1 heterocycles. The van der Waals surface area contributed by atoms with Crippen molar-refractivity contribution in [2.45, 2.75) is 33.2 Å². The third-order valence-corrected chi connectivity index (χ3v) is 4.56. The second-order valence-corrected chi connectivity index (χ2v) is 6.28. The first-order valence-corrected chi connectivity index (χ1v) is 7.76. The summed E-state index contributed by atoms with van der Waals surface area (Å²) in [6, 6.07) is 4.12. The zero-order valence-corrected chi connectivity index (χ0v) is 13.4. The molecule has 2 nitrogen and oxygen atoms in total. The molecule has 0 bridgehead atoms. The van der Waals surface area contributed by atoms with Crippen molar-refractivity contribution in [3.63, 3.8) is 0 Å². The topological polar surface area (TPSA) is 15.3 Å². The number of hydrogen-bond acceptors (Lipinski definition) is 2. The number of halogens is 2. The molecule has 4 heteroatoms. The van der Waals surface area contributed by atoms with E-state index in [0.29, 0.717) is 16.4 Å².